The van der Waals surface area contributed by atoms with E-state index in [1.54, 1.807) is 0 Å². The molecule has 0 radical (unpaired) electrons. The molecule has 0 aromatic carbocycles. The Bertz CT molecular complexity index is 265. The van der Waals surface area contributed by atoms with E-state index in [-0.39, 0.29) is 0 Å². The highest BCUT2D eigenvalue weighted by Gasteiger charge is 2.40. The predicted octanol–water partition coefficient (Wildman–Crippen LogP) is 4.70. The molecule has 0 saturated carbocycles. The monoisotopic (exact) mass is 290 g/mol. The highest BCUT2D eigenvalue weighted by molar-refractivity contribution is 9.11. The Balaban J connectivity index is 2.64. The molecule has 0 fully saturated rings. The summed E-state index contributed by atoms with van der Waals surface area (Å²) in [6.45, 7) is 13.8. The average molecular weight is 291 g/mol. The molecule has 0 aliphatic heterocycles. The SMILES string of the molecule is C[C@H]1C=C(Br)C[C@@H]1O[Si](C)(C)C(C)(C)C. The van der Waals surface area contributed by atoms with Crippen LogP contribution in [-0.4, -0.2) is 14.4 Å². The van der Waals surface area contributed by atoms with Gasteiger partial charge in [0.15, 0.2) is 8.32 Å². The fraction of sp³-hybridized carbons (Fsp3) is 0.833. The van der Waals surface area contributed by atoms with Crippen molar-refractivity contribution in [2.45, 2.75) is 58.4 Å². The maximum absolute atomic E-state index is 6.40. The molecule has 0 N–H and O–H groups in total. The zero-order valence-electron chi connectivity index (χ0n) is 10.7. The van der Waals surface area contributed by atoms with Crippen LogP contribution in [0.4, 0.5) is 0 Å². The van der Waals surface area contributed by atoms with E-state index < -0.39 is 8.32 Å². The standard InChI is InChI=1S/C12H23BrOSi/c1-9-7-10(13)8-11(9)14-15(5,6)12(2,3)4/h7,9,11H,8H2,1-6H3/t9-,11-/m0/s1. The molecule has 3 heteroatoms. The van der Waals surface area contributed by atoms with E-state index in [2.05, 4.69) is 62.8 Å². The van der Waals surface area contributed by atoms with Crippen LogP contribution in [0.1, 0.15) is 34.1 Å². The van der Waals surface area contributed by atoms with Crippen molar-refractivity contribution < 1.29 is 4.43 Å². The molecule has 0 heterocycles. The van der Waals surface area contributed by atoms with Crippen LogP contribution >= 0.6 is 15.9 Å². The van der Waals surface area contributed by atoms with Crippen molar-refractivity contribution in [2.24, 2.45) is 5.92 Å². The Hall–Kier alpha value is 0.397. The summed E-state index contributed by atoms with van der Waals surface area (Å²) < 4.78 is 7.71. The molecule has 1 aliphatic rings. The molecular formula is C12H23BrOSi. The van der Waals surface area contributed by atoms with Crippen LogP contribution in [0.15, 0.2) is 10.6 Å². The number of rotatable bonds is 2. The van der Waals surface area contributed by atoms with Gasteiger partial charge in [0.05, 0.1) is 6.10 Å². The molecular weight excluding hydrogens is 268 g/mol. The minimum atomic E-state index is -1.60. The molecule has 15 heavy (non-hydrogen) atoms. The van der Waals surface area contributed by atoms with Crippen LogP contribution in [0.2, 0.25) is 18.1 Å². The van der Waals surface area contributed by atoms with Crippen LogP contribution < -0.4 is 0 Å². The Morgan fingerprint density at radius 1 is 1.40 bits per heavy atom. The van der Waals surface area contributed by atoms with Gasteiger partial charge >= 0.3 is 0 Å². The summed E-state index contributed by atoms with van der Waals surface area (Å²) in [5.74, 6) is 0.550. The van der Waals surface area contributed by atoms with Gasteiger partial charge in [0.25, 0.3) is 0 Å². The Morgan fingerprint density at radius 3 is 2.27 bits per heavy atom. The van der Waals surface area contributed by atoms with Crippen molar-refractivity contribution in [3.05, 3.63) is 10.6 Å². The lowest BCUT2D eigenvalue weighted by atomic mass is 10.1. The fourth-order valence-electron chi connectivity index (χ4n) is 1.54. The molecule has 0 unspecified atom stereocenters. The fourth-order valence-corrected chi connectivity index (χ4v) is 3.69. The van der Waals surface area contributed by atoms with Crippen molar-refractivity contribution in [2.75, 3.05) is 0 Å². The van der Waals surface area contributed by atoms with Crippen molar-refractivity contribution in [3.8, 4) is 0 Å². The van der Waals surface area contributed by atoms with Gasteiger partial charge in [-0.15, -0.1) is 0 Å². The maximum atomic E-state index is 6.40. The third-order valence-corrected chi connectivity index (χ3v) is 8.77. The Labute approximate surface area is 104 Å². The Kier molecular flexibility index (Phi) is 3.90. The Morgan fingerprint density at radius 2 is 1.93 bits per heavy atom. The van der Waals surface area contributed by atoms with E-state index in [9.17, 15) is 0 Å². The zero-order chi connectivity index (χ0) is 11.9. The van der Waals surface area contributed by atoms with Crippen molar-refractivity contribution in [1.82, 2.24) is 0 Å². The average Bonchev–Trinajstić information content (AvgIpc) is 2.26. The molecule has 1 rings (SSSR count). The third kappa shape index (κ3) is 3.18. The summed E-state index contributed by atoms with van der Waals surface area (Å²) in [6.07, 6.45) is 3.71. The van der Waals surface area contributed by atoms with Crippen LogP contribution in [0.25, 0.3) is 0 Å². The maximum Gasteiger partial charge on any atom is 0.192 e. The quantitative estimate of drug-likeness (QED) is 0.670. The van der Waals surface area contributed by atoms with Gasteiger partial charge < -0.3 is 4.43 Å². The number of hydrogen-bond acceptors (Lipinski definition) is 1. The van der Waals surface area contributed by atoms with Crippen LogP contribution in [-0.2, 0) is 4.43 Å². The van der Waals surface area contributed by atoms with Crippen molar-refractivity contribution in [3.63, 3.8) is 0 Å². The predicted molar refractivity (Wildman–Crippen MR) is 72.9 cm³/mol. The van der Waals surface area contributed by atoms with E-state index in [1.807, 2.05) is 0 Å². The first-order valence-corrected chi connectivity index (χ1v) is 9.37. The van der Waals surface area contributed by atoms with Gasteiger partial charge in [0, 0.05) is 12.3 Å². The topological polar surface area (TPSA) is 9.23 Å². The highest BCUT2D eigenvalue weighted by Crippen LogP contribution is 2.41. The van der Waals surface area contributed by atoms with Gasteiger partial charge in [-0.1, -0.05) is 49.7 Å². The van der Waals surface area contributed by atoms with Gasteiger partial charge in [-0.3, -0.25) is 0 Å². The number of halogens is 1. The summed E-state index contributed by atoms with van der Waals surface area (Å²) >= 11 is 3.57. The molecule has 1 nitrogen and oxygen atoms in total. The second kappa shape index (κ2) is 4.34. The first-order valence-electron chi connectivity index (χ1n) is 5.67. The van der Waals surface area contributed by atoms with E-state index in [1.165, 1.54) is 4.48 Å². The van der Waals surface area contributed by atoms with E-state index in [0.717, 1.165) is 6.42 Å². The molecule has 0 bridgehead atoms. The molecule has 0 aromatic rings. The van der Waals surface area contributed by atoms with Crippen molar-refractivity contribution >= 4 is 24.2 Å². The molecule has 0 amide bonds. The van der Waals surface area contributed by atoms with Crippen LogP contribution in [0, 0.1) is 5.92 Å². The first-order chi connectivity index (χ1) is 6.63. The molecule has 1 aliphatic carbocycles. The van der Waals surface area contributed by atoms with Gasteiger partial charge in [-0.05, 0) is 22.6 Å². The summed E-state index contributed by atoms with van der Waals surface area (Å²) in [6, 6.07) is 0. The van der Waals surface area contributed by atoms with Crippen molar-refractivity contribution in [1.29, 1.82) is 0 Å². The van der Waals surface area contributed by atoms with Crippen LogP contribution in [0.5, 0.6) is 0 Å². The molecule has 88 valence electrons. The lowest BCUT2D eigenvalue weighted by molar-refractivity contribution is 0.158. The lowest BCUT2D eigenvalue weighted by Crippen LogP contribution is -2.44. The molecule has 0 spiro atoms. The zero-order valence-corrected chi connectivity index (χ0v) is 13.3. The summed E-state index contributed by atoms with van der Waals surface area (Å²) in [7, 11) is -1.60. The normalized spacial score (nSPS) is 28.1. The minimum Gasteiger partial charge on any atom is -0.413 e. The number of hydrogen-bond donors (Lipinski definition) is 0. The van der Waals surface area contributed by atoms with Gasteiger partial charge in [-0.25, -0.2) is 0 Å². The lowest BCUT2D eigenvalue weighted by Gasteiger charge is -2.39. The molecule has 0 saturated heterocycles. The van der Waals surface area contributed by atoms with Gasteiger partial charge in [-0.2, -0.15) is 0 Å². The molecule has 2 atom stereocenters. The third-order valence-electron chi connectivity index (χ3n) is 3.68. The van der Waals surface area contributed by atoms with Crippen LogP contribution in [0.3, 0.4) is 0 Å². The minimum absolute atomic E-state index is 0.307. The smallest absolute Gasteiger partial charge is 0.192 e. The second-order valence-corrected chi connectivity index (χ2v) is 11.9. The van der Waals surface area contributed by atoms with E-state index in [0.29, 0.717) is 17.1 Å². The second-order valence-electron chi connectivity index (χ2n) is 6.09. The summed E-state index contributed by atoms with van der Waals surface area (Å²) in [4.78, 5) is 0. The molecule has 0 aromatic heterocycles. The van der Waals surface area contributed by atoms with Gasteiger partial charge in [0.1, 0.15) is 0 Å². The van der Waals surface area contributed by atoms with E-state index >= 15 is 0 Å². The first kappa shape index (κ1) is 13.5. The largest absolute Gasteiger partial charge is 0.413 e. The highest BCUT2D eigenvalue weighted by atomic mass is 79.9. The van der Waals surface area contributed by atoms with Gasteiger partial charge in [0.2, 0.25) is 0 Å². The summed E-state index contributed by atoms with van der Waals surface area (Å²) in [5, 5.41) is 0.307. The van der Waals surface area contributed by atoms with E-state index in [4.69, 9.17) is 4.43 Å². The summed E-state index contributed by atoms with van der Waals surface area (Å²) in [5.41, 5.74) is 0.